The zero-order valence-electron chi connectivity index (χ0n) is 25.1. The Morgan fingerprint density at radius 3 is 2.19 bits per heavy atom. The summed E-state index contributed by atoms with van der Waals surface area (Å²) >= 11 is 6.47. The van der Waals surface area contributed by atoms with E-state index in [1.807, 2.05) is 34.6 Å². The predicted molar refractivity (Wildman–Crippen MR) is 167 cm³/mol. The third kappa shape index (κ3) is 7.83. The molecule has 0 aromatic heterocycles. The van der Waals surface area contributed by atoms with Crippen LogP contribution in [-0.4, -0.2) is 50.9 Å². The van der Waals surface area contributed by atoms with Crippen molar-refractivity contribution in [3.05, 3.63) is 88.4 Å². The normalized spacial score (nSPS) is 12.7. The lowest BCUT2D eigenvalue weighted by Gasteiger charge is -2.34. The molecule has 0 saturated heterocycles. The summed E-state index contributed by atoms with van der Waals surface area (Å²) in [6.07, 6.45) is 1.04. The van der Waals surface area contributed by atoms with E-state index in [1.165, 1.54) is 24.1 Å². The summed E-state index contributed by atoms with van der Waals surface area (Å²) in [7, 11) is -2.78. The van der Waals surface area contributed by atoms with E-state index in [2.05, 4.69) is 5.32 Å². The minimum Gasteiger partial charge on any atom is -0.495 e. The Morgan fingerprint density at radius 2 is 1.60 bits per heavy atom. The quantitative estimate of drug-likeness (QED) is 0.260. The first kappa shape index (κ1) is 32.9. The smallest absolute Gasteiger partial charge is 0.264 e. The maximum Gasteiger partial charge on any atom is 0.264 e. The summed E-state index contributed by atoms with van der Waals surface area (Å²) in [6, 6.07) is 17.7. The van der Waals surface area contributed by atoms with Crippen LogP contribution in [0.3, 0.4) is 0 Å². The molecule has 0 heterocycles. The number of sulfonamides is 1. The molecule has 0 aliphatic rings. The molecule has 10 heteroatoms. The highest BCUT2D eigenvalue weighted by Crippen LogP contribution is 2.34. The molecule has 0 unspecified atom stereocenters. The number of benzene rings is 3. The number of nitrogens with zero attached hydrogens (tertiary/aromatic N) is 2. The summed E-state index contributed by atoms with van der Waals surface area (Å²) in [5, 5.41) is 3.41. The standard InChI is InChI=1S/C32H40ClN3O5S/c1-7-24(5)34-32(38)28(8-2)35(20-25-11-9-10-12-27(25)33)31(37)21-36(29-19-23(4)15-18-30(29)41-6)42(39,40)26-16-13-22(3)14-17-26/h9-19,24,28H,7-8,20-21H2,1-6H3,(H,34,38)/t24-,28+/m1/s1. The first-order chi connectivity index (χ1) is 19.9. The van der Waals surface area contributed by atoms with Crippen LogP contribution in [0.4, 0.5) is 5.69 Å². The molecule has 3 aromatic rings. The van der Waals surface area contributed by atoms with Gasteiger partial charge in [-0.3, -0.25) is 13.9 Å². The number of rotatable bonds is 13. The zero-order valence-corrected chi connectivity index (χ0v) is 26.6. The van der Waals surface area contributed by atoms with Crippen molar-refractivity contribution in [2.24, 2.45) is 0 Å². The molecular weight excluding hydrogens is 574 g/mol. The van der Waals surface area contributed by atoms with E-state index in [0.717, 1.165) is 21.9 Å². The van der Waals surface area contributed by atoms with Gasteiger partial charge >= 0.3 is 0 Å². The monoisotopic (exact) mass is 613 g/mol. The summed E-state index contributed by atoms with van der Waals surface area (Å²) in [5.74, 6) is -0.572. The molecule has 0 bridgehead atoms. The Balaban J connectivity index is 2.14. The molecule has 0 spiro atoms. The van der Waals surface area contributed by atoms with Gasteiger partial charge in [-0.1, -0.05) is 67.4 Å². The SMILES string of the molecule is CC[C@@H](C)NC(=O)[C@H](CC)N(Cc1ccccc1Cl)C(=O)CN(c1cc(C)ccc1OC)S(=O)(=O)c1ccc(C)cc1. The van der Waals surface area contributed by atoms with Gasteiger partial charge in [0.15, 0.2) is 0 Å². The van der Waals surface area contributed by atoms with Crippen LogP contribution in [0.15, 0.2) is 71.6 Å². The molecule has 42 heavy (non-hydrogen) atoms. The molecule has 0 radical (unpaired) electrons. The molecule has 8 nitrogen and oxygen atoms in total. The molecule has 3 aromatic carbocycles. The van der Waals surface area contributed by atoms with Crippen molar-refractivity contribution >= 4 is 39.1 Å². The van der Waals surface area contributed by atoms with Gasteiger partial charge in [0.1, 0.15) is 18.3 Å². The minimum atomic E-state index is -4.23. The second kappa shape index (κ2) is 14.6. The Labute approximate surface area is 254 Å². The first-order valence-corrected chi connectivity index (χ1v) is 15.8. The summed E-state index contributed by atoms with van der Waals surface area (Å²) in [5.41, 5.74) is 2.55. The molecule has 1 N–H and O–H groups in total. The van der Waals surface area contributed by atoms with Gasteiger partial charge in [-0.05, 0) is 75.1 Å². The Hall–Kier alpha value is -3.56. The van der Waals surface area contributed by atoms with Crippen LogP contribution in [0.5, 0.6) is 5.75 Å². The van der Waals surface area contributed by atoms with Crippen LogP contribution in [0.2, 0.25) is 5.02 Å². The maximum absolute atomic E-state index is 14.3. The number of ether oxygens (including phenoxy) is 1. The molecular formula is C32H40ClN3O5S. The highest BCUT2D eigenvalue weighted by Gasteiger charge is 2.35. The second-order valence-corrected chi connectivity index (χ2v) is 12.6. The number of anilines is 1. The van der Waals surface area contributed by atoms with Crippen molar-refractivity contribution in [3.8, 4) is 5.75 Å². The summed E-state index contributed by atoms with van der Waals surface area (Å²) < 4.78 is 34.9. The second-order valence-electron chi connectivity index (χ2n) is 10.4. The number of carbonyl (C=O) groups excluding carboxylic acids is 2. The number of methoxy groups -OCH3 is 1. The van der Waals surface area contributed by atoms with Crippen LogP contribution >= 0.6 is 11.6 Å². The van der Waals surface area contributed by atoms with E-state index in [9.17, 15) is 18.0 Å². The molecule has 0 fully saturated rings. The van der Waals surface area contributed by atoms with E-state index < -0.39 is 28.5 Å². The lowest BCUT2D eigenvalue weighted by molar-refractivity contribution is -0.140. The van der Waals surface area contributed by atoms with Crippen LogP contribution in [0.1, 0.15) is 50.3 Å². The number of hydrogen-bond acceptors (Lipinski definition) is 5. The van der Waals surface area contributed by atoms with E-state index in [0.29, 0.717) is 22.8 Å². The van der Waals surface area contributed by atoms with E-state index in [-0.39, 0.29) is 29.1 Å². The first-order valence-electron chi connectivity index (χ1n) is 14.0. The highest BCUT2D eigenvalue weighted by atomic mass is 35.5. The third-order valence-corrected chi connectivity index (χ3v) is 9.32. The molecule has 0 aliphatic carbocycles. The lowest BCUT2D eigenvalue weighted by atomic mass is 10.1. The number of hydrogen-bond donors (Lipinski definition) is 1. The van der Waals surface area contributed by atoms with Gasteiger partial charge in [0.05, 0.1) is 17.7 Å². The predicted octanol–water partition coefficient (Wildman–Crippen LogP) is 5.88. The zero-order chi connectivity index (χ0) is 31.0. The Kier molecular flexibility index (Phi) is 11.4. The summed E-state index contributed by atoms with van der Waals surface area (Å²) in [4.78, 5) is 29.1. The Bertz CT molecular complexity index is 1490. The number of aryl methyl sites for hydroxylation is 2. The molecule has 2 atom stereocenters. The lowest BCUT2D eigenvalue weighted by Crippen LogP contribution is -2.53. The average molecular weight is 614 g/mol. The molecule has 0 saturated carbocycles. The van der Waals surface area contributed by atoms with Crippen LogP contribution < -0.4 is 14.4 Å². The van der Waals surface area contributed by atoms with Gasteiger partial charge in [-0.25, -0.2) is 8.42 Å². The van der Waals surface area contributed by atoms with Crippen molar-refractivity contribution < 1.29 is 22.7 Å². The Morgan fingerprint density at radius 1 is 0.952 bits per heavy atom. The number of nitrogens with one attached hydrogen (secondary N) is 1. The fourth-order valence-electron chi connectivity index (χ4n) is 4.52. The topological polar surface area (TPSA) is 96.0 Å². The van der Waals surface area contributed by atoms with Gasteiger partial charge < -0.3 is 15.0 Å². The number of halogens is 1. The summed E-state index contributed by atoms with van der Waals surface area (Å²) in [6.45, 7) is 8.83. The minimum absolute atomic E-state index is 0.0221. The third-order valence-electron chi connectivity index (χ3n) is 7.18. The molecule has 2 amide bonds. The number of carbonyl (C=O) groups is 2. The van der Waals surface area contributed by atoms with E-state index in [4.69, 9.17) is 16.3 Å². The maximum atomic E-state index is 14.3. The number of amides is 2. The molecule has 0 aliphatic heterocycles. The average Bonchev–Trinajstić information content (AvgIpc) is 2.96. The van der Waals surface area contributed by atoms with Gasteiger partial charge in [0.25, 0.3) is 10.0 Å². The van der Waals surface area contributed by atoms with Crippen molar-refractivity contribution in [2.45, 2.75) is 71.0 Å². The fraction of sp³-hybridized carbons (Fsp3) is 0.375. The molecule has 3 rings (SSSR count). The van der Waals surface area contributed by atoms with Crippen LogP contribution in [0.25, 0.3) is 0 Å². The largest absolute Gasteiger partial charge is 0.495 e. The van der Waals surface area contributed by atoms with Gasteiger partial charge in [0.2, 0.25) is 11.8 Å². The van der Waals surface area contributed by atoms with Gasteiger partial charge in [-0.2, -0.15) is 0 Å². The molecule has 226 valence electrons. The van der Waals surface area contributed by atoms with Gasteiger partial charge in [-0.15, -0.1) is 0 Å². The van der Waals surface area contributed by atoms with Crippen LogP contribution in [0, 0.1) is 13.8 Å². The van der Waals surface area contributed by atoms with Crippen LogP contribution in [-0.2, 0) is 26.2 Å². The van der Waals surface area contributed by atoms with Crippen molar-refractivity contribution in [1.29, 1.82) is 0 Å². The van der Waals surface area contributed by atoms with Crippen molar-refractivity contribution in [1.82, 2.24) is 10.2 Å². The van der Waals surface area contributed by atoms with Crippen molar-refractivity contribution in [2.75, 3.05) is 18.0 Å². The van der Waals surface area contributed by atoms with Gasteiger partial charge in [0, 0.05) is 17.6 Å². The highest BCUT2D eigenvalue weighted by molar-refractivity contribution is 7.92. The van der Waals surface area contributed by atoms with E-state index >= 15 is 0 Å². The fourth-order valence-corrected chi connectivity index (χ4v) is 6.13. The van der Waals surface area contributed by atoms with Crippen molar-refractivity contribution in [3.63, 3.8) is 0 Å². The van der Waals surface area contributed by atoms with E-state index in [1.54, 1.807) is 54.6 Å².